The van der Waals surface area contributed by atoms with Crippen LogP contribution in [0.25, 0.3) is 31.9 Å². The summed E-state index contributed by atoms with van der Waals surface area (Å²) in [6, 6.07) is 10.5. The van der Waals surface area contributed by atoms with E-state index in [1.807, 2.05) is 23.6 Å². The van der Waals surface area contributed by atoms with E-state index in [-0.39, 0.29) is 0 Å². The highest BCUT2D eigenvalue weighted by Crippen LogP contribution is 2.48. The second kappa shape index (κ2) is 11.3. The van der Waals surface area contributed by atoms with Gasteiger partial charge in [-0.1, -0.05) is 32.4 Å². The quantitative estimate of drug-likeness (QED) is 0.199. The molecule has 5 rings (SSSR count). The number of carbonyl (C=O) groups excluding carboxylic acids is 1. The number of nitrogens with zero attached hydrogens (tertiary/aromatic N) is 2. The molecule has 4 aromatic rings. The van der Waals surface area contributed by atoms with Gasteiger partial charge in [0.05, 0.1) is 10.2 Å². The average Bonchev–Trinajstić information content (AvgIpc) is 3.44. The first-order valence-electron chi connectivity index (χ1n) is 13.0. The van der Waals surface area contributed by atoms with E-state index < -0.39 is 0 Å². The van der Waals surface area contributed by atoms with Gasteiger partial charge in [-0.2, -0.15) is 0 Å². The van der Waals surface area contributed by atoms with Crippen molar-refractivity contribution < 1.29 is 9.53 Å². The maximum Gasteiger partial charge on any atom is 0.138 e. The Kier molecular flexibility index (Phi) is 7.94. The van der Waals surface area contributed by atoms with Gasteiger partial charge in [-0.15, -0.1) is 22.7 Å². The molecule has 3 heterocycles. The first-order valence-corrected chi connectivity index (χ1v) is 14.6. The number of thiophene rings is 1. The third-order valence-electron chi connectivity index (χ3n) is 7.13. The molecular weight excluding hydrogens is 484 g/mol. The summed E-state index contributed by atoms with van der Waals surface area (Å²) >= 11 is 3.63. The number of fused-ring (bicyclic) bond motifs is 2. The molecule has 0 saturated heterocycles. The number of Topliss-reactive ketones (excluding diaryl/α,β-unsaturated/α-hetero) is 1. The van der Waals surface area contributed by atoms with Crippen molar-refractivity contribution in [2.75, 3.05) is 13.7 Å². The molecule has 0 aliphatic heterocycles. The number of aromatic nitrogens is 2. The lowest BCUT2D eigenvalue weighted by Gasteiger charge is -2.24. The smallest absolute Gasteiger partial charge is 0.138 e. The summed E-state index contributed by atoms with van der Waals surface area (Å²) in [5.74, 6) is 1.53. The van der Waals surface area contributed by atoms with Gasteiger partial charge >= 0.3 is 0 Å². The molecule has 0 radical (unpaired) electrons. The first-order chi connectivity index (χ1) is 17.5. The van der Waals surface area contributed by atoms with Crippen molar-refractivity contribution in [3.63, 3.8) is 0 Å². The normalized spacial score (nSPS) is 17.4. The lowest BCUT2D eigenvalue weighted by molar-refractivity contribution is -0.118. The Morgan fingerprint density at radius 2 is 2.00 bits per heavy atom. The molecule has 6 heteroatoms. The summed E-state index contributed by atoms with van der Waals surface area (Å²) in [6.45, 7) is 5.46. The monoisotopic (exact) mass is 518 g/mol. The van der Waals surface area contributed by atoms with Gasteiger partial charge in [0, 0.05) is 59.8 Å². The lowest BCUT2D eigenvalue weighted by atomic mass is 9.81. The third-order valence-corrected chi connectivity index (χ3v) is 9.64. The van der Waals surface area contributed by atoms with Gasteiger partial charge in [0.15, 0.2) is 0 Å². The highest BCUT2D eigenvalue weighted by Gasteiger charge is 2.30. The van der Waals surface area contributed by atoms with Crippen LogP contribution in [-0.2, 0) is 22.4 Å². The van der Waals surface area contributed by atoms with E-state index in [0.29, 0.717) is 30.5 Å². The molecule has 0 saturated carbocycles. The van der Waals surface area contributed by atoms with Gasteiger partial charge in [-0.25, -0.2) is 4.98 Å². The van der Waals surface area contributed by atoms with Crippen LogP contribution < -0.4 is 0 Å². The number of hydrogen-bond acceptors (Lipinski definition) is 6. The van der Waals surface area contributed by atoms with Crippen LogP contribution in [0, 0.1) is 5.92 Å². The fraction of sp³-hybridized carbons (Fsp3) is 0.433. The van der Waals surface area contributed by atoms with Crippen molar-refractivity contribution in [2.24, 2.45) is 5.92 Å². The summed E-state index contributed by atoms with van der Waals surface area (Å²) in [7, 11) is 1.73. The minimum Gasteiger partial charge on any atom is -0.385 e. The molecular formula is C30H34N2O2S2. The molecule has 0 amide bonds. The zero-order valence-corrected chi connectivity index (χ0v) is 23.0. The number of unbranched alkanes of at least 4 members (excludes halogenated alkanes) is 2. The van der Waals surface area contributed by atoms with Crippen molar-refractivity contribution in [3.8, 4) is 21.7 Å². The number of carbonyl (C=O) groups is 1. The Morgan fingerprint density at radius 3 is 2.81 bits per heavy atom. The highest BCUT2D eigenvalue weighted by molar-refractivity contribution is 7.22. The van der Waals surface area contributed by atoms with Gasteiger partial charge in [0.2, 0.25) is 0 Å². The van der Waals surface area contributed by atoms with Gasteiger partial charge < -0.3 is 4.74 Å². The molecule has 1 aromatic carbocycles. The molecule has 0 spiro atoms. The van der Waals surface area contributed by atoms with Crippen LogP contribution >= 0.6 is 22.7 Å². The third kappa shape index (κ3) is 5.46. The molecule has 36 heavy (non-hydrogen) atoms. The SMILES string of the molecule is COCCCCCC(=O)Cc1sc2c(c1-c1nc3cc(-c4cccnc4)ccc3s1)CC(C)CC2C. The predicted molar refractivity (Wildman–Crippen MR) is 151 cm³/mol. The predicted octanol–water partition coefficient (Wildman–Crippen LogP) is 8.09. The van der Waals surface area contributed by atoms with Crippen LogP contribution in [0.1, 0.15) is 67.2 Å². The highest BCUT2D eigenvalue weighted by atomic mass is 32.1. The average molecular weight is 519 g/mol. The zero-order chi connectivity index (χ0) is 25.1. The second-order valence-electron chi connectivity index (χ2n) is 10.2. The fourth-order valence-electron chi connectivity index (χ4n) is 5.41. The summed E-state index contributed by atoms with van der Waals surface area (Å²) in [4.78, 5) is 25.1. The van der Waals surface area contributed by atoms with E-state index in [1.54, 1.807) is 24.6 Å². The molecule has 0 fully saturated rings. The Labute approximate surface area is 221 Å². The minimum absolute atomic E-state index is 0.341. The van der Waals surface area contributed by atoms with Crippen molar-refractivity contribution in [1.82, 2.24) is 9.97 Å². The van der Waals surface area contributed by atoms with Crippen molar-refractivity contribution in [1.29, 1.82) is 0 Å². The van der Waals surface area contributed by atoms with Gasteiger partial charge in [-0.3, -0.25) is 9.78 Å². The van der Waals surface area contributed by atoms with Crippen LogP contribution in [0.3, 0.4) is 0 Å². The van der Waals surface area contributed by atoms with Crippen molar-refractivity contribution in [2.45, 2.75) is 64.7 Å². The molecule has 3 aromatic heterocycles. The number of ketones is 1. The van der Waals surface area contributed by atoms with Gasteiger partial charge in [0.1, 0.15) is 10.8 Å². The van der Waals surface area contributed by atoms with E-state index in [0.717, 1.165) is 53.9 Å². The molecule has 2 atom stereocenters. The lowest BCUT2D eigenvalue weighted by Crippen LogP contribution is -2.13. The molecule has 1 aliphatic rings. The molecule has 2 unspecified atom stereocenters. The summed E-state index contributed by atoms with van der Waals surface area (Å²) in [5, 5.41) is 1.06. The molecule has 0 bridgehead atoms. The van der Waals surface area contributed by atoms with Gasteiger partial charge in [-0.05, 0) is 66.8 Å². The van der Waals surface area contributed by atoms with Crippen LogP contribution in [0.2, 0.25) is 0 Å². The van der Waals surface area contributed by atoms with Crippen LogP contribution in [0.4, 0.5) is 0 Å². The molecule has 1 aliphatic carbocycles. The molecule has 188 valence electrons. The van der Waals surface area contributed by atoms with Crippen LogP contribution in [0.5, 0.6) is 0 Å². The maximum absolute atomic E-state index is 13.0. The zero-order valence-electron chi connectivity index (χ0n) is 21.4. The Balaban J connectivity index is 1.47. The number of rotatable bonds is 10. The fourth-order valence-corrected chi connectivity index (χ4v) is 7.95. The standard InChI is InChI=1S/C30H34N2O2S2/c1-19-14-20(2)29-24(15-19)28(27(35-29)17-23(33)9-5-4-6-13-34-3)30-32-25-16-21(10-11-26(25)36-30)22-8-7-12-31-18-22/h7-8,10-12,16,18-20H,4-6,9,13-15,17H2,1-3H3. The molecule has 0 N–H and O–H groups in total. The van der Waals surface area contributed by atoms with E-state index in [9.17, 15) is 4.79 Å². The first kappa shape index (κ1) is 25.2. The summed E-state index contributed by atoms with van der Waals surface area (Å²) < 4.78 is 6.32. The second-order valence-corrected chi connectivity index (χ2v) is 12.3. The van der Waals surface area contributed by atoms with E-state index in [1.165, 1.54) is 32.0 Å². The molecule has 4 nitrogen and oxygen atoms in total. The Hall–Kier alpha value is -2.41. The van der Waals surface area contributed by atoms with E-state index >= 15 is 0 Å². The summed E-state index contributed by atoms with van der Waals surface area (Å²) in [5.41, 5.74) is 5.95. The number of methoxy groups -OCH3 is 1. The Bertz CT molecular complexity index is 1340. The van der Waals surface area contributed by atoms with Crippen LogP contribution in [0.15, 0.2) is 42.7 Å². The number of hydrogen-bond donors (Lipinski definition) is 0. The maximum atomic E-state index is 13.0. The number of pyridine rings is 1. The topological polar surface area (TPSA) is 52.1 Å². The van der Waals surface area contributed by atoms with E-state index in [4.69, 9.17) is 9.72 Å². The summed E-state index contributed by atoms with van der Waals surface area (Å²) in [6.07, 6.45) is 10.2. The van der Waals surface area contributed by atoms with Crippen molar-refractivity contribution in [3.05, 3.63) is 58.0 Å². The van der Waals surface area contributed by atoms with E-state index in [2.05, 4.69) is 43.1 Å². The Morgan fingerprint density at radius 1 is 1.11 bits per heavy atom. The largest absolute Gasteiger partial charge is 0.385 e. The van der Waals surface area contributed by atoms with Crippen LogP contribution in [-0.4, -0.2) is 29.5 Å². The van der Waals surface area contributed by atoms with Gasteiger partial charge in [0.25, 0.3) is 0 Å². The van der Waals surface area contributed by atoms with Crippen molar-refractivity contribution >= 4 is 38.7 Å². The number of ether oxygens (including phenoxy) is 1. The number of benzene rings is 1. The number of thiazole rings is 1. The minimum atomic E-state index is 0.341.